The zero-order chi connectivity index (χ0) is 17.5. The number of nitrogens with zero attached hydrogens (tertiary/aromatic N) is 1. The molecule has 2 aromatic heterocycles. The third-order valence-electron chi connectivity index (χ3n) is 3.94. The van der Waals surface area contributed by atoms with Crippen molar-refractivity contribution in [1.29, 1.82) is 0 Å². The molecule has 0 unspecified atom stereocenters. The van der Waals surface area contributed by atoms with E-state index in [1.807, 2.05) is 38.4 Å². The third-order valence-corrected chi connectivity index (χ3v) is 4.96. The number of hydrogen-bond acceptors (Lipinski definition) is 4. The Bertz CT molecular complexity index is 692. The molecule has 1 atom stereocenters. The minimum absolute atomic E-state index is 0.0397. The predicted octanol–water partition coefficient (Wildman–Crippen LogP) is 2.20. The van der Waals surface area contributed by atoms with E-state index in [0.29, 0.717) is 18.0 Å². The second-order valence-electron chi connectivity index (χ2n) is 5.96. The Labute approximate surface area is 146 Å². The first-order chi connectivity index (χ1) is 11.5. The quantitative estimate of drug-likeness (QED) is 0.639. The van der Waals surface area contributed by atoms with Crippen LogP contribution in [0.4, 0.5) is 0 Å². The maximum atomic E-state index is 12.1. The highest BCUT2D eigenvalue weighted by molar-refractivity contribution is 7.12. The van der Waals surface area contributed by atoms with E-state index in [-0.39, 0.29) is 17.7 Å². The van der Waals surface area contributed by atoms with Crippen LogP contribution in [0, 0.1) is 19.8 Å². The lowest BCUT2D eigenvalue weighted by Crippen LogP contribution is -2.37. The van der Waals surface area contributed by atoms with Gasteiger partial charge in [-0.2, -0.15) is 5.10 Å². The lowest BCUT2D eigenvalue weighted by Gasteiger charge is -2.13. The summed E-state index contributed by atoms with van der Waals surface area (Å²) in [5.74, 6) is -0.412. The van der Waals surface area contributed by atoms with Gasteiger partial charge in [0.1, 0.15) is 0 Å². The highest BCUT2D eigenvalue weighted by Gasteiger charge is 2.16. The summed E-state index contributed by atoms with van der Waals surface area (Å²) in [7, 11) is 0. The van der Waals surface area contributed by atoms with Crippen molar-refractivity contribution in [2.24, 2.45) is 5.92 Å². The predicted molar refractivity (Wildman–Crippen MR) is 95.2 cm³/mol. The molecule has 7 heteroatoms. The topological polar surface area (TPSA) is 86.9 Å². The molecule has 2 aromatic rings. The Hall–Kier alpha value is -2.15. The van der Waals surface area contributed by atoms with E-state index in [0.717, 1.165) is 24.1 Å². The summed E-state index contributed by atoms with van der Waals surface area (Å²) in [4.78, 5) is 24.8. The number of rotatable bonds is 8. The Balaban J connectivity index is 1.66. The zero-order valence-corrected chi connectivity index (χ0v) is 15.1. The molecule has 0 aliphatic heterocycles. The molecule has 2 amide bonds. The molecule has 0 fully saturated rings. The molecule has 24 heavy (non-hydrogen) atoms. The van der Waals surface area contributed by atoms with E-state index in [1.54, 1.807) is 0 Å². The normalized spacial score (nSPS) is 12.0. The van der Waals surface area contributed by atoms with E-state index >= 15 is 0 Å². The Morgan fingerprint density at radius 1 is 1.33 bits per heavy atom. The smallest absolute Gasteiger partial charge is 0.261 e. The number of aromatic nitrogens is 2. The van der Waals surface area contributed by atoms with Crippen LogP contribution in [0.25, 0.3) is 0 Å². The molecule has 0 aliphatic rings. The molecule has 2 heterocycles. The van der Waals surface area contributed by atoms with E-state index in [1.165, 1.54) is 16.9 Å². The highest BCUT2D eigenvalue weighted by Crippen LogP contribution is 2.15. The van der Waals surface area contributed by atoms with Gasteiger partial charge >= 0.3 is 0 Å². The first kappa shape index (κ1) is 18.2. The van der Waals surface area contributed by atoms with Gasteiger partial charge in [-0.15, -0.1) is 11.3 Å². The average Bonchev–Trinajstić information content (AvgIpc) is 3.17. The summed E-state index contributed by atoms with van der Waals surface area (Å²) in [6.45, 7) is 6.66. The number of aryl methyl sites for hydroxylation is 3. The van der Waals surface area contributed by atoms with Crippen molar-refractivity contribution in [3.63, 3.8) is 0 Å². The van der Waals surface area contributed by atoms with Gasteiger partial charge in [-0.05, 0) is 49.3 Å². The SMILES string of the molecule is Cc1ccsc1C(=O)NC[C@H](C)C(=O)NCCCc1cn[nH]c1C. The molecule has 3 N–H and O–H groups in total. The number of nitrogens with one attached hydrogen (secondary N) is 3. The molecule has 0 bridgehead atoms. The molecule has 0 saturated carbocycles. The van der Waals surface area contributed by atoms with Crippen LogP contribution >= 0.6 is 11.3 Å². The standard InChI is InChI=1S/C17H24N4O2S/c1-11-6-8-24-15(11)17(23)19-9-12(2)16(22)18-7-4-5-14-10-20-21-13(14)3/h6,8,10,12H,4-5,7,9H2,1-3H3,(H,18,22)(H,19,23)(H,20,21)/t12-/m0/s1. The summed E-state index contributed by atoms with van der Waals surface area (Å²) in [6.07, 6.45) is 3.56. The van der Waals surface area contributed by atoms with Gasteiger partial charge < -0.3 is 10.6 Å². The Morgan fingerprint density at radius 2 is 2.12 bits per heavy atom. The van der Waals surface area contributed by atoms with Gasteiger partial charge in [-0.1, -0.05) is 6.92 Å². The van der Waals surface area contributed by atoms with Crippen LogP contribution < -0.4 is 10.6 Å². The van der Waals surface area contributed by atoms with E-state index in [4.69, 9.17) is 0 Å². The summed E-state index contributed by atoms with van der Waals surface area (Å²) < 4.78 is 0. The molecular formula is C17H24N4O2S. The fourth-order valence-corrected chi connectivity index (χ4v) is 3.16. The first-order valence-electron chi connectivity index (χ1n) is 8.08. The van der Waals surface area contributed by atoms with Gasteiger partial charge in [0.15, 0.2) is 0 Å². The molecule has 2 rings (SSSR count). The van der Waals surface area contributed by atoms with Crippen LogP contribution in [0.3, 0.4) is 0 Å². The maximum Gasteiger partial charge on any atom is 0.261 e. The molecule has 0 saturated heterocycles. The number of carbonyl (C=O) groups is 2. The molecular weight excluding hydrogens is 324 g/mol. The highest BCUT2D eigenvalue weighted by atomic mass is 32.1. The molecule has 0 aromatic carbocycles. The second kappa shape index (κ2) is 8.63. The molecule has 0 spiro atoms. The van der Waals surface area contributed by atoms with Gasteiger partial charge in [-0.3, -0.25) is 14.7 Å². The monoisotopic (exact) mass is 348 g/mol. The van der Waals surface area contributed by atoms with Crippen molar-refractivity contribution in [2.75, 3.05) is 13.1 Å². The van der Waals surface area contributed by atoms with Crippen LogP contribution in [-0.4, -0.2) is 35.1 Å². The van der Waals surface area contributed by atoms with Gasteiger partial charge in [-0.25, -0.2) is 0 Å². The van der Waals surface area contributed by atoms with Crippen molar-refractivity contribution >= 4 is 23.2 Å². The van der Waals surface area contributed by atoms with Crippen molar-refractivity contribution in [2.45, 2.75) is 33.6 Å². The molecule has 0 aliphatic carbocycles. The summed E-state index contributed by atoms with van der Waals surface area (Å²) in [5, 5.41) is 14.5. The van der Waals surface area contributed by atoms with Crippen molar-refractivity contribution in [3.05, 3.63) is 39.3 Å². The van der Waals surface area contributed by atoms with Crippen LogP contribution in [0.5, 0.6) is 0 Å². The minimum atomic E-state index is -0.259. The van der Waals surface area contributed by atoms with Crippen LogP contribution in [0.1, 0.15) is 39.8 Å². The van der Waals surface area contributed by atoms with Crippen molar-refractivity contribution in [3.8, 4) is 0 Å². The third kappa shape index (κ3) is 4.92. The van der Waals surface area contributed by atoms with E-state index < -0.39 is 0 Å². The number of thiophene rings is 1. The average molecular weight is 348 g/mol. The fraction of sp³-hybridized carbons (Fsp3) is 0.471. The summed E-state index contributed by atoms with van der Waals surface area (Å²) in [5.41, 5.74) is 3.21. The summed E-state index contributed by atoms with van der Waals surface area (Å²) >= 11 is 1.41. The lowest BCUT2D eigenvalue weighted by atomic mass is 10.1. The zero-order valence-electron chi connectivity index (χ0n) is 14.3. The fourth-order valence-electron chi connectivity index (χ4n) is 2.32. The van der Waals surface area contributed by atoms with Gasteiger partial charge in [0.2, 0.25) is 5.91 Å². The Kier molecular flexibility index (Phi) is 6.54. The largest absolute Gasteiger partial charge is 0.356 e. The second-order valence-corrected chi connectivity index (χ2v) is 6.87. The lowest BCUT2D eigenvalue weighted by molar-refractivity contribution is -0.124. The maximum absolute atomic E-state index is 12.1. The minimum Gasteiger partial charge on any atom is -0.356 e. The number of H-pyrrole nitrogens is 1. The van der Waals surface area contributed by atoms with Gasteiger partial charge in [0.25, 0.3) is 5.91 Å². The number of hydrogen-bond donors (Lipinski definition) is 3. The van der Waals surface area contributed by atoms with Crippen LogP contribution in [0.15, 0.2) is 17.6 Å². The number of amides is 2. The molecule has 6 nitrogen and oxygen atoms in total. The van der Waals surface area contributed by atoms with Crippen LogP contribution in [-0.2, 0) is 11.2 Å². The summed E-state index contributed by atoms with van der Waals surface area (Å²) in [6, 6.07) is 1.91. The van der Waals surface area contributed by atoms with Gasteiger partial charge in [0, 0.05) is 18.8 Å². The van der Waals surface area contributed by atoms with Crippen LogP contribution in [0.2, 0.25) is 0 Å². The van der Waals surface area contributed by atoms with Crippen molar-refractivity contribution < 1.29 is 9.59 Å². The Morgan fingerprint density at radius 3 is 2.75 bits per heavy atom. The van der Waals surface area contributed by atoms with Crippen molar-refractivity contribution in [1.82, 2.24) is 20.8 Å². The van der Waals surface area contributed by atoms with E-state index in [9.17, 15) is 9.59 Å². The number of carbonyl (C=O) groups excluding carboxylic acids is 2. The van der Waals surface area contributed by atoms with Gasteiger partial charge in [0.05, 0.1) is 17.0 Å². The first-order valence-corrected chi connectivity index (χ1v) is 8.96. The van der Waals surface area contributed by atoms with E-state index in [2.05, 4.69) is 20.8 Å². The number of aromatic amines is 1. The molecule has 130 valence electrons. The molecule has 0 radical (unpaired) electrons.